The van der Waals surface area contributed by atoms with E-state index in [2.05, 4.69) is 18.9 Å². The molecule has 2 unspecified atom stereocenters. The van der Waals surface area contributed by atoms with Crippen LogP contribution < -0.4 is 0 Å². The number of esters is 2. The maximum atomic E-state index is 11.5. The second-order valence-electron chi connectivity index (χ2n) is 5.53. The van der Waals surface area contributed by atoms with Crippen LogP contribution in [0, 0.1) is 0 Å². The van der Waals surface area contributed by atoms with Gasteiger partial charge in [0, 0.05) is 26.7 Å². The Bertz CT molecular complexity index is 434. The number of unbranched alkanes of at least 4 members (excludes halogenated alkanes) is 4. The topological polar surface area (TPSA) is 124 Å². The number of hydrogen-bond donors (Lipinski definition) is 0. The van der Waals surface area contributed by atoms with Gasteiger partial charge in [0.2, 0.25) is 12.6 Å². The molecule has 0 aliphatic heterocycles. The summed E-state index contributed by atoms with van der Waals surface area (Å²) in [4.78, 5) is 44.8. The lowest BCUT2D eigenvalue weighted by Crippen LogP contribution is -2.21. The van der Waals surface area contributed by atoms with Gasteiger partial charge in [0.05, 0.1) is 14.2 Å². The Labute approximate surface area is 158 Å². The van der Waals surface area contributed by atoms with Gasteiger partial charge in [0.1, 0.15) is 0 Å². The molecule has 0 saturated heterocycles. The molecule has 10 heteroatoms. The van der Waals surface area contributed by atoms with Gasteiger partial charge in [0.15, 0.2) is 0 Å². The SMILES string of the molecule is COC(=O)OC(C)OC(=O)CCCCCCCC(=O)OC(C)OC(=O)OC. The van der Waals surface area contributed by atoms with Gasteiger partial charge in [-0.15, -0.1) is 0 Å². The number of carbonyl (C=O) groups excluding carboxylic acids is 4. The summed E-state index contributed by atoms with van der Waals surface area (Å²) in [5, 5.41) is 0. The molecule has 0 saturated carbocycles. The van der Waals surface area contributed by atoms with E-state index < -0.39 is 36.8 Å². The predicted octanol–water partition coefficient (Wildman–Crippen LogP) is 3.06. The number of hydrogen-bond acceptors (Lipinski definition) is 10. The quantitative estimate of drug-likeness (QED) is 0.212. The van der Waals surface area contributed by atoms with E-state index in [0.29, 0.717) is 12.8 Å². The first-order chi connectivity index (χ1) is 12.8. The van der Waals surface area contributed by atoms with Gasteiger partial charge in [-0.25, -0.2) is 9.59 Å². The minimum atomic E-state index is -0.999. The summed E-state index contributed by atoms with van der Waals surface area (Å²) < 4.78 is 27.6. The van der Waals surface area contributed by atoms with Crippen molar-refractivity contribution in [1.82, 2.24) is 0 Å². The molecular weight excluding hydrogens is 364 g/mol. The molecule has 0 aliphatic rings. The standard InChI is InChI=1S/C17H28O10/c1-12(26-16(20)22-3)24-14(18)10-8-6-5-7-9-11-15(19)25-13(2)27-17(21)23-4/h12-13H,5-11H2,1-4H3. The molecule has 0 radical (unpaired) electrons. The summed E-state index contributed by atoms with van der Waals surface area (Å²) in [5.41, 5.74) is 0. The monoisotopic (exact) mass is 392 g/mol. The van der Waals surface area contributed by atoms with E-state index in [1.165, 1.54) is 13.8 Å². The number of carbonyl (C=O) groups is 4. The molecule has 0 aliphatic carbocycles. The van der Waals surface area contributed by atoms with Crippen molar-refractivity contribution >= 4 is 24.2 Å². The van der Waals surface area contributed by atoms with E-state index in [9.17, 15) is 19.2 Å². The first kappa shape index (κ1) is 24.5. The van der Waals surface area contributed by atoms with Crippen LogP contribution in [0.5, 0.6) is 0 Å². The normalized spacial score (nSPS) is 12.3. The van der Waals surface area contributed by atoms with E-state index in [-0.39, 0.29) is 12.8 Å². The van der Waals surface area contributed by atoms with Crippen LogP contribution in [0.1, 0.15) is 58.8 Å². The lowest BCUT2D eigenvalue weighted by atomic mass is 10.1. The van der Waals surface area contributed by atoms with Gasteiger partial charge in [-0.05, 0) is 12.8 Å². The van der Waals surface area contributed by atoms with Gasteiger partial charge >= 0.3 is 24.2 Å². The highest BCUT2D eigenvalue weighted by molar-refractivity contribution is 5.70. The summed E-state index contributed by atoms with van der Waals surface area (Å²) in [6, 6.07) is 0. The van der Waals surface area contributed by atoms with Crippen LogP contribution in [0.4, 0.5) is 9.59 Å². The maximum Gasteiger partial charge on any atom is 0.511 e. The summed E-state index contributed by atoms with van der Waals surface area (Å²) in [6.45, 7) is 2.84. The highest BCUT2D eigenvalue weighted by Gasteiger charge is 2.15. The molecule has 2 atom stereocenters. The smallest absolute Gasteiger partial charge is 0.438 e. The van der Waals surface area contributed by atoms with Crippen molar-refractivity contribution in [2.45, 2.75) is 71.4 Å². The van der Waals surface area contributed by atoms with E-state index in [1.54, 1.807) is 0 Å². The Morgan fingerprint density at radius 3 is 1.26 bits per heavy atom. The molecular formula is C17H28O10. The van der Waals surface area contributed by atoms with E-state index >= 15 is 0 Å². The van der Waals surface area contributed by atoms with Crippen molar-refractivity contribution in [3.63, 3.8) is 0 Å². The Morgan fingerprint density at radius 2 is 0.926 bits per heavy atom. The first-order valence-corrected chi connectivity index (χ1v) is 8.66. The van der Waals surface area contributed by atoms with Crippen molar-refractivity contribution in [2.24, 2.45) is 0 Å². The molecule has 156 valence electrons. The minimum Gasteiger partial charge on any atom is -0.438 e. The zero-order valence-corrected chi connectivity index (χ0v) is 16.2. The van der Waals surface area contributed by atoms with Gasteiger partial charge in [-0.1, -0.05) is 19.3 Å². The molecule has 0 aromatic heterocycles. The zero-order chi connectivity index (χ0) is 20.7. The van der Waals surface area contributed by atoms with Crippen molar-refractivity contribution in [3.05, 3.63) is 0 Å². The highest BCUT2D eigenvalue weighted by Crippen LogP contribution is 2.10. The maximum absolute atomic E-state index is 11.5. The van der Waals surface area contributed by atoms with Crippen molar-refractivity contribution in [1.29, 1.82) is 0 Å². The van der Waals surface area contributed by atoms with Crippen LogP contribution in [0.3, 0.4) is 0 Å². The summed E-state index contributed by atoms with van der Waals surface area (Å²) in [6.07, 6.45) is 0.248. The van der Waals surface area contributed by atoms with Crippen LogP contribution in [-0.2, 0) is 38.0 Å². The molecule has 0 bridgehead atoms. The van der Waals surface area contributed by atoms with Crippen LogP contribution in [0.15, 0.2) is 0 Å². The fraction of sp³-hybridized carbons (Fsp3) is 0.765. The molecule has 0 fully saturated rings. The number of ether oxygens (including phenoxy) is 6. The lowest BCUT2D eigenvalue weighted by Gasteiger charge is -2.13. The number of rotatable bonds is 12. The summed E-state index contributed by atoms with van der Waals surface area (Å²) in [5.74, 6) is -0.927. The Hall–Kier alpha value is -2.52. The first-order valence-electron chi connectivity index (χ1n) is 8.66. The molecule has 0 heterocycles. The van der Waals surface area contributed by atoms with Gasteiger partial charge < -0.3 is 28.4 Å². The fourth-order valence-corrected chi connectivity index (χ4v) is 1.97. The molecule has 0 aromatic rings. The Morgan fingerprint density at radius 1 is 0.593 bits per heavy atom. The largest absolute Gasteiger partial charge is 0.511 e. The molecule has 0 N–H and O–H groups in total. The molecule has 0 amide bonds. The third-order valence-electron chi connectivity index (χ3n) is 3.21. The third-order valence-corrected chi connectivity index (χ3v) is 3.21. The zero-order valence-electron chi connectivity index (χ0n) is 16.2. The van der Waals surface area contributed by atoms with Crippen LogP contribution in [0.2, 0.25) is 0 Å². The Balaban J connectivity index is 3.63. The van der Waals surface area contributed by atoms with E-state index in [0.717, 1.165) is 33.5 Å². The average Bonchev–Trinajstić information content (AvgIpc) is 2.60. The summed E-state index contributed by atoms with van der Waals surface area (Å²) >= 11 is 0. The molecule has 0 rings (SSSR count). The summed E-state index contributed by atoms with van der Waals surface area (Å²) in [7, 11) is 2.32. The fourth-order valence-electron chi connectivity index (χ4n) is 1.97. The van der Waals surface area contributed by atoms with Crippen molar-refractivity contribution in [3.8, 4) is 0 Å². The minimum absolute atomic E-state index is 0.208. The van der Waals surface area contributed by atoms with Crippen molar-refractivity contribution < 1.29 is 47.6 Å². The molecule has 27 heavy (non-hydrogen) atoms. The second kappa shape index (κ2) is 14.6. The van der Waals surface area contributed by atoms with Crippen LogP contribution >= 0.6 is 0 Å². The highest BCUT2D eigenvalue weighted by atomic mass is 16.8. The van der Waals surface area contributed by atoms with Crippen LogP contribution in [0.25, 0.3) is 0 Å². The average molecular weight is 392 g/mol. The Kier molecular flexibility index (Phi) is 13.3. The third kappa shape index (κ3) is 14.3. The number of methoxy groups -OCH3 is 2. The lowest BCUT2D eigenvalue weighted by molar-refractivity contribution is -0.168. The van der Waals surface area contributed by atoms with E-state index in [4.69, 9.17) is 9.47 Å². The van der Waals surface area contributed by atoms with E-state index in [1.807, 2.05) is 0 Å². The van der Waals surface area contributed by atoms with Gasteiger partial charge in [-0.2, -0.15) is 0 Å². The van der Waals surface area contributed by atoms with Gasteiger partial charge in [-0.3, -0.25) is 9.59 Å². The van der Waals surface area contributed by atoms with Gasteiger partial charge in [0.25, 0.3) is 0 Å². The molecule has 0 aromatic carbocycles. The second-order valence-corrected chi connectivity index (χ2v) is 5.53. The predicted molar refractivity (Wildman–Crippen MR) is 90.4 cm³/mol. The molecule has 0 spiro atoms. The van der Waals surface area contributed by atoms with Crippen LogP contribution in [-0.4, -0.2) is 51.0 Å². The van der Waals surface area contributed by atoms with Crippen molar-refractivity contribution in [2.75, 3.05) is 14.2 Å². The molecule has 10 nitrogen and oxygen atoms in total.